The van der Waals surface area contributed by atoms with E-state index >= 15 is 0 Å². The predicted molar refractivity (Wildman–Crippen MR) is 86.1 cm³/mol. The highest BCUT2D eigenvalue weighted by molar-refractivity contribution is 5.87. The minimum absolute atomic E-state index is 0.0346. The van der Waals surface area contributed by atoms with Gasteiger partial charge in [-0.2, -0.15) is 0 Å². The number of hydrogen-bond donors (Lipinski definition) is 1. The van der Waals surface area contributed by atoms with Crippen LogP contribution < -0.4 is 0 Å². The molecule has 1 aromatic rings. The van der Waals surface area contributed by atoms with E-state index < -0.39 is 5.97 Å². The molecule has 2 bridgehead atoms. The number of aromatic carboxylic acids is 1. The molecule has 2 aliphatic carbocycles. The highest BCUT2D eigenvalue weighted by Gasteiger charge is 2.40. The molecule has 0 radical (unpaired) electrons. The SMILES string of the molecule is O=C(O)c1ccc(CCCCOC(=O)C2CC3C=CC2C3)cc1. The average Bonchev–Trinajstić information content (AvgIpc) is 3.18. The van der Waals surface area contributed by atoms with Crippen molar-refractivity contribution in [3.63, 3.8) is 0 Å². The molecule has 0 aliphatic heterocycles. The van der Waals surface area contributed by atoms with E-state index in [2.05, 4.69) is 12.2 Å². The van der Waals surface area contributed by atoms with Gasteiger partial charge in [-0.05, 0) is 61.6 Å². The Morgan fingerprint density at radius 1 is 1.09 bits per heavy atom. The molecule has 3 unspecified atom stereocenters. The van der Waals surface area contributed by atoms with Crippen LogP contribution in [0.4, 0.5) is 0 Å². The van der Waals surface area contributed by atoms with Crippen molar-refractivity contribution in [2.45, 2.75) is 32.1 Å². The molecule has 3 rings (SSSR count). The predicted octanol–water partition coefficient (Wildman–Crippen LogP) is 3.46. The summed E-state index contributed by atoms with van der Waals surface area (Å²) in [5.74, 6) is 0.131. The molecule has 2 aliphatic rings. The van der Waals surface area contributed by atoms with Gasteiger partial charge in [-0.1, -0.05) is 24.3 Å². The lowest BCUT2D eigenvalue weighted by molar-refractivity contribution is -0.149. The molecule has 0 saturated heterocycles. The van der Waals surface area contributed by atoms with Crippen LogP contribution >= 0.6 is 0 Å². The average molecular weight is 314 g/mol. The van der Waals surface area contributed by atoms with Gasteiger partial charge in [0.1, 0.15) is 0 Å². The molecule has 1 saturated carbocycles. The van der Waals surface area contributed by atoms with Crippen molar-refractivity contribution in [1.29, 1.82) is 0 Å². The Hall–Kier alpha value is -2.10. The van der Waals surface area contributed by atoms with E-state index in [1.54, 1.807) is 12.1 Å². The summed E-state index contributed by atoms with van der Waals surface area (Å²) in [6.07, 6.45) is 9.10. The molecular formula is C19H22O4. The summed E-state index contributed by atoms with van der Waals surface area (Å²) in [6, 6.07) is 6.94. The van der Waals surface area contributed by atoms with Gasteiger partial charge in [0.15, 0.2) is 0 Å². The van der Waals surface area contributed by atoms with Gasteiger partial charge in [0.2, 0.25) is 0 Å². The standard InChI is InChI=1S/C19H22O4/c20-18(21)15-7-4-13(5-8-15)3-1-2-10-23-19(22)17-12-14-6-9-16(17)11-14/h4-9,14,16-17H,1-3,10-12H2,(H,20,21). The second-order valence-electron chi connectivity index (χ2n) is 6.51. The van der Waals surface area contributed by atoms with Crippen LogP contribution in [-0.4, -0.2) is 23.7 Å². The van der Waals surface area contributed by atoms with Crippen LogP contribution in [0.25, 0.3) is 0 Å². The van der Waals surface area contributed by atoms with Crippen molar-refractivity contribution >= 4 is 11.9 Å². The van der Waals surface area contributed by atoms with Gasteiger partial charge in [0.05, 0.1) is 18.1 Å². The fraction of sp³-hybridized carbons (Fsp3) is 0.474. The van der Waals surface area contributed by atoms with Crippen molar-refractivity contribution in [2.24, 2.45) is 17.8 Å². The summed E-state index contributed by atoms with van der Waals surface area (Å²) in [7, 11) is 0. The van der Waals surface area contributed by atoms with Crippen molar-refractivity contribution in [1.82, 2.24) is 0 Å². The monoisotopic (exact) mass is 314 g/mol. The maximum Gasteiger partial charge on any atom is 0.335 e. The number of carbonyl (C=O) groups is 2. The zero-order valence-corrected chi connectivity index (χ0v) is 13.1. The molecule has 1 aromatic carbocycles. The molecule has 23 heavy (non-hydrogen) atoms. The minimum Gasteiger partial charge on any atom is -0.478 e. The van der Waals surface area contributed by atoms with Crippen molar-refractivity contribution < 1.29 is 19.4 Å². The molecule has 4 heteroatoms. The fourth-order valence-corrected chi connectivity index (χ4v) is 3.58. The molecule has 1 fully saturated rings. The maximum atomic E-state index is 12.1. The van der Waals surface area contributed by atoms with Gasteiger partial charge >= 0.3 is 11.9 Å². The summed E-state index contributed by atoms with van der Waals surface area (Å²) in [4.78, 5) is 22.8. The number of ether oxygens (including phenoxy) is 1. The molecule has 0 aromatic heterocycles. The van der Waals surface area contributed by atoms with Crippen LogP contribution in [0.1, 0.15) is 41.6 Å². The summed E-state index contributed by atoms with van der Waals surface area (Å²) in [5, 5.41) is 8.85. The highest BCUT2D eigenvalue weighted by atomic mass is 16.5. The Morgan fingerprint density at radius 3 is 2.48 bits per heavy atom. The number of carboxylic acid groups (broad SMARTS) is 1. The number of aryl methyl sites for hydroxylation is 1. The Bertz CT molecular complexity index is 602. The summed E-state index contributed by atoms with van der Waals surface area (Å²) in [5.41, 5.74) is 1.42. The van der Waals surface area contributed by atoms with Crippen LogP contribution in [0, 0.1) is 17.8 Å². The van der Waals surface area contributed by atoms with Crippen LogP contribution in [0.5, 0.6) is 0 Å². The topological polar surface area (TPSA) is 63.6 Å². The second kappa shape index (κ2) is 6.99. The Kier molecular flexibility index (Phi) is 4.79. The van der Waals surface area contributed by atoms with E-state index in [1.165, 1.54) is 0 Å². The zero-order chi connectivity index (χ0) is 16.2. The fourth-order valence-electron chi connectivity index (χ4n) is 3.58. The second-order valence-corrected chi connectivity index (χ2v) is 6.51. The first-order valence-electron chi connectivity index (χ1n) is 8.30. The Labute approximate surface area is 136 Å². The number of carboxylic acids is 1. The third-order valence-electron chi connectivity index (χ3n) is 4.89. The molecule has 0 spiro atoms. The normalized spacial score (nSPS) is 24.8. The molecular weight excluding hydrogens is 292 g/mol. The summed E-state index contributed by atoms with van der Waals surface area (Å²) >= 11 is 0. The maximum absolute atomic E-state index is 12.1. The molecule has 4 nitrogen and oxygen atoms in total. The first-order chi connectivity index (χ1) is 11.1. The lowest BCUT2D eigenvalue weighted by Gasteiger charge is -2.16. The summed E-state index contributed by atoms with van der Waals surface area (Å²) < 4.78 is 5.42. The van der Waals surface area contributed by atoms with E-state index in [4.69, 9.17) is 9.84 Å². The number of benzene rings is 1. The van der Waals surface area contributed by atoms with E-state index in [0.717, 1.165) is 37.7 Å². The number of esters is 1. The number of rotatable bonds is 7. The number of carbonyl (C=O) groups excluding carboxylic acids is 1. The van der Waals surface area contributed by atoms with Crippen molar-refractivity contribution in [2.75, 3.05) is 6.61 Å². The molecule has 0 heterocycles. The van der Waals surface area contributed by atoms with E-state index in [9.17, 15) is 9.59 Å². The Balaban J connectivity index is 1.33. The smallest absolute Gasteiger partial charge is 0.335 e. The molecule has 3 atom stereocenters. The van der Waals surface area contributed by atoms with Crippen molar-refractivity contribution in [3.8, 4) is 0 Å². The number of allylic oxidation sites excluding steroid dienone is 2. The lowest BCUT2D eigenvalue weighted by Crippen LogP contribution is -2.22. The third kappa shape index (κ3) is 3.81. The van der Waals surface area contributed by atoms with Crippen LogP contribution in [0.2, 0.25) is 0 Å². The largest absolute Gasteiger partial charge is 0.478 e. The van der Waals surface area contributed by atoms with Gasteiger partial charge in [-0.15, -0.1) is 0 Å². The molecule has 122 valence electrons. The van der Waals surface area contributed by atoms with Gasteiger partial charge in [0, 0.05) is 0 Å². The first-order valence-corrected chi connectivity index (χ1v) is 8.30. The minimum atomic E-state index is -0.904. The molecule has 0 amide bonds. The van der Waals surface area contributed by atoms with Crippen LogP contribution in [-0.2, 0) is 16.0 Å². The number of hydrogen-bond acceptors (Lipinski definition) is 3. The van der Waals surface area contributed by atoms with Gasteiger partial charge in [-0.25, -0.2) is 4.79 Å². The van der Waals surface area contributed by atoms with Crippen LogP contribution in [0.3, 0.4) is 0 Å². The van der Waals surface area contributed by atoms with Gasteiger partial charge in [-0.3, -0.25) is 4.79 Å². The van der Waals surface area contributed by atoms with E-state index in [-0.39, 0.29) is 11.9 Å². The quantitative estimate of drug-likeness (QED) is 0.475. The number of fused-ring (bicyclic) bond motifs is 2. The first kappa shape index (κ1) is 15.8. The van der Waals surface area contributed by atoms with E-state index in [0.29, 0.717) is 24.0 Å². The van der Waals surface area contributed by atoms with Crippen molar-refractivity contribution in [3.05, 3.63) is 47.5 Å². The lowest BCUT2D eigenvalue weighted by atomic mass is 9.94. The molecule has 1 N–H and O–H groups in total. The van der Waals surface area contributed by atoms with E-state index in [1.807, 2.05) is 12.1 Å². The van der Waals surface area contributed by atoms with Crippen LogP contribution in [0.15, 0.2) is 36.4 Å². The third-order valence-corrected chi connectivity index (χ3v) is 4.89. The van der Waals surface area contributed by atoms with Gasteiger partial charge in [0.25, 0.3) is 0 Å². The zero-order valence-electron chi connectivity index (χ0n) is 13.1. The Morgan fingerprint density at radius 2 is 1.87 bits per heavy atom. The van der Waals surface area contributed by atoms with Gasteiger partial charge < -0.3 is 9.84 Å². The summed E-state index contributed by atoms with van der Waals surface area (Å²) in [6.45, 7) is 0.476. The number of unbranched alkanes of at least 4 members (excludes halogenated alkanes) is 1. The highest BCUT2D eigenvalue weighted by Crippen LogP contribution is 2.43.